The summed E-state index contributed by atoms with van der Waals surface area (Å²) in [5.41, 5.74) is 1.66. The normalized spacial score (nSPS) is 11.7. The molecule has 0 radical (unpaired) electrons. The van der Waals surface area contributed by atoms with Gasteiger partial charge in [-0.25, -0.2) is 12.7 Å². The number of likely N-dealkylation sites (N-methyl/N-ethyl adjacent to an activating group) is 1. The Hall–Kier alpha value is -2.07. The molecule has 3 rings (SSSR count). The van der Waals surface area contributed by atoms with Crippen LogP contribution in [-0.2, 0) is 6.42 Å². The van der Waals surface area contributed by atoms with E-state index in [0.29, 0.717) is 20.8 Å². The van der Waals surface area contributed by atoms with Crippen LogP contribution in [0.2, 0.25) is 0 Å². The molecule has 0 aromatic carbocycles. The lowest BCUT2D eigenvalue weighted by atomic mass is 10.2. The largest absolute Gasteiger partial charge is 0.343 e. The van der Waals surface area contributed by atoms with Crippen LogP contribution in [0.4, 0.5) is 5.95 Å². The van der Waals surface area contributed by atoms with Gasteiger partial charge in [-0.2, -0.15) is 0 Å². The van der Waals surface area contributed by atoms with E-state index < -0.39 is 0 Å². The second-order valence-electron chi connectivity index (χ2n) is 5.36. The van der Waals surface area contributed by atoms with Crippen molar-refractivity contribution in [1.29, 1.82) is 0 Å². The minimum atomic E-state index is -0.0701. The van der Waals surface area contributed by atoms with E-state index in [1.54, 1.807) is 24.5 Å². The van der Waals surface area contributed by atoms with E-state index in [9.17, 15) is 4.79 Å². The first-order valence-electron chi connectivity index (χ1n) is 7.57. The van der Waals surface area contributed by atoms with Crippen molar-refractivity contribution in [2.75, 3.05) is 18.5 Å². The molecule has 0 N–H and O–H groups in total. The highest BCUT2D eigenvalue weighted by atomic mass is 127. The van der Waals surface area contributed by atoms with Crippen molar-refractivity contribution in [3.63, 3.8) is 0 Å². The van der Waals surface area contributed by atoms with Gasteiger partial charge in [-0.1, -0.05) is 12.6 Å². The molecule has 0 fully saturated rings. The molecule has 3 heterocycles. The second-order valence-corrected chi connectivity index (χ2v) is 7.44. The Morgan fingerprint density at radius 3 is 2.84 bits per heavy atom. The number of anilines is 1. The maximum atomic E-state index is 12.1. The molecule has 3 aromatic rings. The number of hydrogen-bond acceptors (Lipinski definition) is 6. The molecule has 3 aromatic heterocycles. The first-order chi connectivity index (χ1) is 12.0. The third-order valence-electron chi connectivity index (χ3n) is 3.55. The van der Waals surface area contributed by atoms with Crippen LogP contribution in [-0.4, -0.2) is 31.3 Å². The molecule has 25 heavy (non-hydrogen) atoms. The van der Waals surface area contributed by atoms with Gasteiger partial charge in [0.2, 0.25) is 5.95 Å². The number of rotatable bonds is 5. The van der Waals surface area contributed by atoms with Crippen LogP contribution in [0.25, 0.3) is 12.7 Å². The Morgan fingerprint density at radius 1 is 1.32 bits per heavy atom. The summed E-state index contributed by atoms with van der Waals surface area (Å²) in [5, 5.41) is 0. The van der Waals surface area contributed by atoms with Gasteiger partial charge in [-0.05, 0) is 24.3 Å². The summed E-state index contributed by atoms with van der Waals surface area (Å²) in [6, 6.07) is 7.67. The van der Waals surface area contributed by atoms with Crippen LogP contribution in [0.15, 0.2) is 41.5 Å². The first kappa shape index (κ1) is 17.7. The molecule has 0 saturated carbocycles. The molecule has 0 aliphatic heterocycles. The maximum absolute atomic E-state index is 12.1. The number of hydrogen-bond donors (Lipinski definition) is 0. The van der Waals surface area contributed by atoms with Gasteiger partial charge in [0.25, 0.3) is 5.56 Å². The Bertz CT molecular complexity index is 1030. The summed E-state index contributed by atoms with van der Waals surface area (Å²) in [6.45, 7) is 4.60. The van der Waals surface area contributed by atoms with Gasteiger partial charge in [-0.3, -0.25) is 9.78 Å². The highest BCUT2D eigenvalue weighted by Gasteiger charge is 2.06. The number of aromatic nitrogens is 4. The fourth-order valence-electron chi connectivity index (χ4n) is 2.20. The SMILES string of the molecule is C=c1s/c(=C\c2ccnc(N(C)CCc3ccccn3)n2)c(=O)n1I. The minimum Gasteiger partial charge on any atom is -0.343 e. The summed E-state index contributed by atoms with van der Waals surface area (Å²) < 4.78 is 2.83. The van der Waals surface area contributed by atoms with E-state index >= 15 is 0 Å². The smallest absolute Gasteiger partial charge is 0.278 e. The van der Waals surface area contributed by atoms with Crippen molar-refractivity contribution in [3.05, 3.63) is 67.6 Å². The zero-order chi connectivity index (χ0) is 17.8. The molecular formula is C17H16IN5OS. The second kappa shape index (κ2) is 7.87. The monoisotopic (exact) mass is 465 g/mol. The van der Waals surface area contributed by atoms with E-state index in [4.69, 9.17) is 0 Å². The van der Waals surface area contributed by atoms with Gasteiger partial charge in [0.1, 0.15) is 4.66 Å². The number of thiazole rings is 1. The molecule has 0 bridgehead atoms. The van der Waals surface area contributed by atoms with Gasteiger partial charge < -0.3 is 4.90 Å². The summed E-state index contributed by atoms with van der Waals surface area (Å²) >= 11 is 3.30. The maximum Gasteiger partial charge on any atom is 0.278 e. The predicted molar refractivity (Wildman–Crippen MR) is 110 cm³/mol. The average Bonchev–Trinajstić information content (AvgIpc) is 2.87. The molecular weight excluding hydrogens is 449 g/mol. The third-order valence-corrected chi connectivity index (χ3v) is 5.83. The summed E-state index contributed by atoms with van der Waals surface area (Å²) in [6.07, 6.45) is 6.07. The van der Waals surface area contributed by atoms with Crippen LogP contribution >= 0.6 is 34.2 Å². The molecule has 0 unspecified atom stereocenters. The lowest BCUT2D eigenvalue weighted by Crippen LogP contribution is -2.25. The van der Waals surface area contributed by atoms with E-state index in [-0.39, 0.29) is 5.56 Å². The Kier molecular flexibility index (Phi) is 5.59. The number of halogens is 1. The van der Waals surface area contributed by atoms with Gasteiger partial charge in [-0.15, -0.1) is 11.3 Å². The standard InChI is InChI=1S/C17H16IN5OS/c1-12-23(18)16(24)15(25-12)11-14-6-9-20-17(21-14)22(2)10-7-13-5-3-4-8-19-13/h3-6,8-9,11H,1,7,10H2,2H3/b15-11-. The van der Waals surface area contributed by atoms with Crippen molar-refractivity contribution in [1.82, 2.24) is 17.7 Å². The van der Waals surface area contributed by atoms with Crippen molar-refractivity contribution in [3.8, 4) is 0 Å². The zero-order valence-corrected chi connectivity index (χ0v) is 16.6. The van der Waals surface area contributed by atoms with E-state index in [0.717, 1.165) is 18.7 Å². The minimum absolute atomic E-state index is 0.0701. The molecule has 128 valence electrons. The molecule has 6 nitrogen and oxygen atoms in total. The Labute approximate surface area is 162 Å². The van der Waals surface area contributed by atoms with Gasteiger partial charge in [0, 0.05) is 38.1 Å². The highest BCUT2D eigenvalue weighted by Crippen LogP contribution is 2.07. The summed E-state index contributed by atoms with van der Waals surface area (Å²) in [7, 11) is 1.94. The van der Waals surface area contributed by atoms with Crippen LogP contribution < -0.4 is 19.7 Å². The summed E-state index contributed by atoms with van der Waals surface area (Å²) in [4.78, 5) is 27.3. The molecule has 0 spiro atoms. The van der Waals surface area contributed by atoms with Crippen molar-refractivity contribution in [2.45, 2.75) is 6.42 Å². The van der Waals surface area contributed by atoms with E-state index in [2.05, 4.69) is 21.5 Å². The Morgan fingerprint density at radius 2 is 2.16 bits per heavy atom. The molecule has 0 atom stereocenters. The van der Waals surface area contributed by atoms with Crippen LogP contribution in [0.5, 0.6) is 0 Å². The Balaban J connectivity index is 1.80. The van der Waals surface area contributed by atoms with E-state index in [1.807, 2.05) is 53.0 Å². The number of nitrogens with zero attached hydrogens (tertiary/aromatic N) is 5. The van der Waals surface area contributed by atoms with Crippen molar-refractivity contribution >= 4 is 52.8 Å². The van der Waals surface area contributed by atoms with Gasteiger partial charge in [0.05, 0.1) is 33.1 Å². The van der Waals surface area contributed by atoms with Crippen LogP contribution in [0, 0.1) is 0 Å². The quantitative estimate of drug-likeness (QED) is 0.531. The lowest BCUT2D eigenvalue weighted by Gasteiger charge is -2.16. The van der Waals surface area contributed by atoms with Gasteiger partial charge >= 0.3 is 0 Å². The average molecular weight is 465 g/mol. The topological polar surface area (TPSA) is 63.9 Å². The molecule has 0 amide bonds. The van der Waals surface area contributed by atoms with Crippen molar-refractivity contribution < 1.29 is 0 Å². The fourth-order valence-corrected chi connectivity index (χ4v) is 3.69. The third kappa shape index (κ3) is 4.31. The van der Waals surface area contributed by atoms with E-state index in [1.165, 1.54) is 14.1 Å². The van der Waals surface area contributed by atoms with Crippen molar-refractivity contribution in [2.24, 2.45) is 0 Å². The predicted octanol–water partition coefficient (Wildman–Crippen LogP) is 1.21. The number of pyridine rings is 1. The molecule has 0 aliphatic rings. The van der Waals surface area contributed by atoms with Crippen LogP contribution in [0.3, 0.4) is 0 Å². The lowest BCUT2D eigenvalue weighted by molar-refractivity contribution is 0.820. The first-order valence-corrected chi connectivity index (χ1v) is 9.35. The summed E-state index contributed by atoms with van der Waals surface area (Å²) in [5.74, 6) is 0.617. The fraction of sp³-hybridized carbons (Fsp3) is 0.176. The highest BCUT2D eigenvalue weighted by molar-refractivity contribution is 14.1. The molecule has 8 heteroatoms. The molecule has 0 aliphatic carbocycles. The van der Waals surface area contributed by atoms with Gasteiger partial charge in [0.15, 0.2) is 0 Å². The van der Waals surface area contributed by atoms with Crippen LogP contribution in [0.1, 0.15) is 11.4 Å². The zero-order valence-electron chi connectivity index (χ0n) is 13.6. The molecule has 0 saturated heterocycles.